The fourth-order valence-corrected chi connectivity index (χ4v) is 4.11. The minimum atomic E-state index is -0.552. The van der Waals surface area contributed by atoms with Gasteiger partial charge < -0.3 is 5.32 Å². The van der Waals surface area contributed by atoms with Crippen LogP contribution in [0.1, 0.15) is 61.4 Å². The van der Waals surface area contributed by atoms with Crippen molar-refractivity contribution >= 4 is 23.5 Å². The molecule has 27 heavy (non-hydrogen) atoms. The van der Waals surface area contributed by atoms with Gasteiger partial charge in [-0.3, -0.25) is 24.1 Å². The Kier molecular flexibility index (Phi) is 5.73. The molecule has 6 heteroatoms. The molecule has 2 fully saturated rings. The highest BCUT2D eigenvalue weighted by Crippen LogP contribution is 2.45. The summed E-state index contributed by atoms with van der Waals surface area (Å²) >= 11 is 0. The summed E-state index contributed by atoms with van der Waals surface area (Å²) in [5, 5.41) is 2.73. The fourth-order valence-electron chi connectivity index (χ4n) is 4.11. The van der Waals surface area contributed by atoms with E-state index in [2.05, 4.69) is 5.32 Å². The van der Waals surface area contributed by atoms with Gasteiger partial charge in [0.25, 0.3) is 0 Å². The van der Waals surface area contributed by atoms with E-state index in [1.807, 2.05) is 12.1 Å². The number of carbonyl (C=O) groups is 4. The van der Waals surface area contributed by atoms with Crippen LogP contribution >= 0.6 is 0 Å². The fraction of sp³-hybridized carbons (Fsp3) is 0.524. The van der Waals surface area contributed by atoms with Crippen molar-refractivity contribution in [2.75, 3.05) is 13.1 Å². The highest BCUT2D eigenvalue weighted by atomic mass is 16.2. The number of hydrogen-bond acceptors (Lipinski definition) is 4. The molecule has 0 bridgehead atoms. The molecule has 1 heterocycles. The van der Waals surface area contributed by atoms with Crippen LogP contribution in [-0.4, -0.2) is 41.5 Å². The Bertz CT molecular complexity index is 748. The van der Waals surface area contributed by atoms with Crippen molar-refractivity contribution in [3.8, 4) is 0 Å². The van der Waals surface area contributed by atoms with Crippen molar-refractivity contribution in [3.63, 3.8) is 0 Å². The topological polar surface area (TPSA) is 83.6 Å². The van der Waals surface area contributed by atoms with Crippen LogP contribution in [0.5, 0.6) is 0 Å². The van der Waals surface area contributed by atoms with E-state index in [4.69, 9.17) is 0 Å². The SMILES string of the molecule is CC(=O)NCCc1ccc(C(=O)CN2C(=O)CC3(CCCCC3)C2=O)cc1. The number of carbonyl (C=O) groups excluding carboxylic acids is 4. The van der Waals surface area contributed by atoms with Gasteiger partial charge in [0, 0.05) is 25.5 Å². The second-order valence-electron chi connectivity index (χ2n) is 7.66. The summed E-state index contributed by atoms with van der Waals surface area (Å²) < 4.78 is 0. The smallest absolute Gasteiger partial charge is 0.236 e. The first-order valence-electron chi connectivity index (χ1n) is 9.63. The quantitative estimate of drug-likeness (QED) is 0.615. The van der Waals surface area contributed by atoms with Gasteiger partial charge in [-0.25, -0.2) is 0 Å². The van der Waals surface area contributed by atoms with Gasteiger partial charge in [0.15, 0.2) is 5.78 Å². The van der Waals surface area contributed by atoms with Crippen LogP contribution in [0, 0.1) is 5.41 Å². The molecular formula is C21H26N2O4. The maximum absolute atomic E-state index is 12.8. The van der Waals surface area contributed by atoms with Crippen molar-refractivity contribution < 1.29 is 19.2 Å². The molecule has 3 rings (SSSR count). The lowest BCUT2D eigenvalue weighted by Crippen LogP contribution is -2.39. The van der Waals surface area contributed by atoms with Gasteiger partial charge in [0.05, 0.1) is 12.0 Å². The molecule has 1 saturated heterocycles. The van der Waals surface area contributed by atoms with Crippen LogP contribution in [0.25, 0.3) is 0 Å². The molecule has 1 aromatic carbocycles. The minimum Gasteiger partial charge on any atom is -0.356 e. The summed E-state index contributed by atoms with van der Waals surface area (Å²) in [5.74, 6) is -0.676. The Morgan fingerprint density at radius 2 is 1.74 bits per heavy atom. The van der Waals surface area contributed by atoms with Crippen LogP contribution in [0.3, 0.4) is 0 Å². The van der Waals surface area contributed by atoms with Crippen molar-refractivity contribution in [2.45, 2.75) is 51.9 Å². The molecule has 1 aliphatic carbocycles. The molecule has 144 valence electrons. The maximum Gasteiger partial charge on any atom is 0.236 e. The number of likely N-dealkylation sites (tertiary alicyclic amines) is 1. The van der Waals surface area contributed by atoms with Gasteiger partial charge >= 0.3 is 0 Å². The number of rotatable bonds is 6. The molecule has 0 radical (unpaired) electrons. The second-order valence-corrected chi connectivity index (χ2v) is 7.66. The third kappa shape index (κ3) is 4.26. The first kappa shape index (κ1) is 19.3. The number of nitrogens with one attached hydrogen (secondary N) is 1. The largest absolute Gasteiger partial charge is 0.356 e. The van der Waals surface area contributed by atoms with Crippen LogP contribution in [0.4, 0.5) is 0 Å². The molecule has 1 aliphatic heterocycles. The van der Waals surface area contributed by atoms with E-state index >= 15 is 0 Å². The summed E-state index contributed by atoms with van der Waals surface area (Å²) in [6.07, 6.45) is 5.50. The summed E-state index contributed by atoms with van der Waals surface area (Å²) in [6, 6.07) is 7.11. The zero-order valence-corrected chi connectivity index (χ0v) is 15.8. The highest BCUT2D eigenvalue weighted by molar-refractivity contribution is 6.10. The van der Waals surface area contributed by atoms with Gasteiger partial charge in [0.2, 0.25) is 17.7 Å². The molecule has 0 atom stereocenters. The van der Waals surface area contributed by atoms with E-state index in [9.17, 15) is 19.2 Å². The zero-order valence-electron chi connectivity index (χ0n) is 15.8. The van der Waals surface area contributed by atoms with Crippen LogP contribution in [-0.2, 0) is 20.8 Å². The van der Waals surface area contributed by atoms with Gasteiger partial charge in [-0.2, -0.15) is 0 Å². The third-order valence-corrected chi connectivity index (χ3v) is 5.67. The average Bonchev–Trinajstić information content (AvgIpc) is 2.86. The monoisotopic (exact) mass is 370 g/mol. The van der Waals surface area contributed by atoms with Crippen molar-refractivity contribution in [2.24, 2.45) is 5.41 Å². The minimum absolute atomic E-state index is 0.0718. The summed E-state index contributed by atoms with van der Waals surface area (Å²) in [6.45, 7) is 1.84. The molecule has 1 N–H and O–H groups in total. The van der Waals surface area contributed by atoms with Crippen LogP contribution in [0.15, 0.2) is 24.3 Å². The van der Waals surface area contributed by atoms with Crippen LogP contribution < -0.4 is 5.32 Å². The Balaban J connectivity index is 1.60. The lowest BCUT2D eigenvalue weighted by Gasteiger charge is -2.30. The Morgan fingerprint density at radius 1 is 1.07 bits per heavy atom. The first-order chi connectivity index (χ1) is 12.9. The number of benzene rings is 1. The Labute approximate surface area is 159 Å². The molecule has 1 aromatic rings. The average molecular weight is 370 g/mol. The maximum atomic E-state index is 12.8. The van der Waals surface area contributed by atoms with Gasteiger partial charge in [0.1, 0.15) is 0 Å². The highest BCUT2D eigenvalue weighted by Gasteiger charge is 2.51. The molecule has 3 amide bonds. The molecule has 0 unspecified atom stereocenters. The standard InChI is InChI=1S/C21H26N2O4/c1-15(24)22-12-9-16-5-7-17(8-6-16)18(25)14-23-19(26)13-21(20(23)27)10-3-2-4-11-21/h5-8H,2-4,9-14H2,1H3,(H,22,24). The molecular weight excluding hydrogens is 344 g/mol. The number of Topliss-reactive ketones (excluding diaryl/α,β-unsaturated/α-hetero) is 1. The number of ketones is 1. The Morgan fingerprint density at radius 3 is 2.37 bits per heavy atom. The normalized spacial score (nSPS) is 18.8. The van der Waals surface area contributed by atoms with E-state index < -0.39 is 5.41 Å². The van der Waals surface area contributed by atoms with E-state index in [1.54, 1.807) is 12.1 Å². The molecule has 1 saturated carbocycles. The number of hydrogen-bond donors (Lipinski definition) is 1. The van der Waals surface area contributed by atoms with Gasteiger partial charge in [-0.15, -0.1) is 0 Å². The van der Waals surface area contributed by atoms with Crippen molar-refractivity contribution in [1.82, 2.24) is 10.2 Å². The van der Waals surface area contributed by atoms with Crippen molar-refractivity contribution in [3.05, 3.63) is 35.4 Å². The molecule has 1 spiro atoms. The zero-order chi connectivity index (χ0) is 19.4. The summed E-state index contributed by atoms with van der Waals surface area (Å²) in [5.41, 5.74) is 0.946. The van der Waals surface area contributed by atoms with Gasteiger partial charge in [-0.1, -0.05) is 43.5 Å². The molecule has 6 nitrogen and oxygen atoms in total. The number of amides is 3. The van der Waals surface area contributed by atoms with E-state index in [0.29, 0.717) is 18.5 Å². The molecule has 0 aromatic heterocycles. The van der Waals surface area contributed by atoms with Crippen LogP contribution in [0.2, 0.25) is 0 Å². The molecule has 2 aliphatic rings. The van der Waals surface area contributed by atoms with E-state index in [0.717, 1.165) is 37.7 Å². The summed E-state index contributed by atoms with van der Waals surface area (Å²) in [4.78, 5) is 49.8. The summed E-state index contributed by atoms with van der Waals surface area (Å²) in [7, 11) is 0. The third-order valence-electron chi connectivity index (χ3n) is 5.67. The number of nitrogens with zero attached hydrogens (tertiary/aromatic N) is 1. The second kappa shape index (κ2) is 8.03. The van der Waals surface area contributed by atoms with E-state index in [-0.39, 0.29) is 36.5 Å². The van der Waals surface area contributed by atoms with Gasteiger partial charge in [-0.05, 0) is 24.8 Å². The number of imide groups is 1. The first-order valence-corrected chi connectivity index (χ1v) is 9.63. The lowest BCUT2D eigenvalue weighted by atomic mass is 9.73. The lowest BCUT2D eigenvalue weighted by molar-refractivity contribution is -0.141. The van der Waals surface area contributed by atoms with E-state index in [1.165, 1.54) is 11.8 Å². The predicted octanol–water partition coefficient (Wildman–Crippen LogP) is 2.26. The van der Waals surface area contributed by atoms with Crippen molar-refractivity contribution in [1.29, 1.82) is 0 Å². The predicted molar refractivity (Wildman–Crippen MR) is 100 cm³/mol. The Hall–Kier alpha value is -2.50.